The summed E-state index contributed by atoms with van der Waals surface area (Å²) in [6.07, 6.45) is 7.29. The summed E-state index contributed by atoms with van der Waals surface area (Å²) in [6.45, 7) is 4.12. The lowest BCUT2D eigenvalue weighted by Crippen LogP contribution is -2.25. The van der Waals surface area contributed by atoms with Crippen LogP contribution < -0.4 is 4.74 Å². The summed E-state index contributed by atoms with van der Waals surface area (Å²) in [5.74, 6) is 1.35. The number of hydrogen-bond donors (Lipinski definition) is 1. The van der Waals surface area contributed by atoms with Gasteiger partial charge in [0.1, 0.15) is 17.3 Å². The summed E-state index contributed by atoms with van der Waals surface area (Å²) in [5.41, 5.74) is 2.23. The quantitative estimate of drug-likeness (QED) is 0.590. The van der Waals surface area contributed by atoms with Gasteiger partial charge in [0.25, 0.3) is 0 Å². The van der Waals surface area contributed by atoms with E-state index in [2.05, 4.69) is 13.5 Å². The molecule has 2 aliphatic rings. The van der Waals surface area contributed by atoms with E-state index in [0.717, 1.165) is 31.2 Å². The van der Waals surface area contributed by atoms with Crippen molar-refractivity contribution < 1.29 is 14.0 Å². The summed E-state index contributed by atoms with van der Waals surface area (Å²) < 4.78 is 29.0. The minimum Gasteiger partial charge on any atom is -0.507 e. The van der Waals surface area contributed by atoms with Gasteiger partial charge in [-0.2, -0.15) is 0 Å². The molecule has 1 N–H and O–H groups in total. The summed E-state index contributed by atoms with van der Waals surface area (Å²) in [4.78, 5) is 0. The maximum atomic E-state index is 10.6. The van der Waals surface area contributed by atoms with Crippen molar-refractivity contribution >= 4 is 0 Å². The molecular weight excluding hydrogens is 272 g/mol. The van der Waals surface area contributed by atoms with Gasteiger partial charge in [0.15, 0.2) is 0 Å². The SMILES string of the molecule is [2H]C([2H])([2H])C1=C[C@@H]2c3c(O)cc(CCCCC)cc3OC(=C)[C@H]2CC1. The Kier molecular flexibility index (Phi) is 3.33. The van der Waals surface area contributed by atoms with Crippen molar-refractivity contribution in [1.82, 2.24) is 0 Å². The van der Waals surface area contributed by atoms with Crippen LogP contribution in [0.5, 0.6) is 11.5 Å². The largest absolute Gasteiger partial charge is 0.507 e. The number of benzene rings is 1. The van der Waals surface area contributed by atoms with E-state index in [0.29, 0.717) is 35.5 Å². The molecule has 0 amide bonds. The van der Waals surface area contributed by atoms with Gasteiger partial charge >= 0.3 is 0 Å². The molecule has 22 heavy (non-hydrogen) atoms. The number of fused-ring (bicyclic) bond motifs is 3. The van der Waals surface area contributed by atoms with Crippen LogP contribution in [0.2, 0.25) is 0 Å². The van der Waals surface area contributed by atoms with Crippen molar-refractivity contribution in [1.29, 1.82) is 0 Å². The van der Waals surface area contributed by atoms with Gasteiger partial charge in [-0.1, -0.05) is 38.0 Å². The Morgan fingerprint density at radius 1 is 1.41 bits per heavy atom. The van der Waals surface area contributed by atoms with Crippen molar-refractivity contribution in [3.8, 4) is 11.5 Å². The van der Waals surface area contributed by atoms with Gasteiger partial charge in [-0.05, 0) is 50.2 Å². The summed E-state index contributed by atoms with van der Waals surface area (Å²) in [5, 5.41) is 10.6. The molecule has 0 aromatic heterocycles. The Balaban J connectivity index is 1.98. The minimum atomic E-state index is -2.08. The van der Waals surface area contributed by atoms with Crippen LogP contribution in [-0.2, 0) is 6.42 Å². The molecule has 2 heteroatoms. The zero-order valence-corrected chi connectivity index (χ0v) is 13.2. The van der Waals surface area contributed by atoms with E-state index in [1.165, 1.54) is 0 Å². The molecule has 1 aromatic carbocycles. The minimum absolute atomic E-state index is 0.0236. The van der Waals surface area contributed by atoms with Crippen molar-refractivity contribution in [2.45, 2.75) is 58.2 Å². The Hall–Kier alpha value is -1.70. The first-order valence-electron chi connectivity index (χ1n) is 9.75. The Labute approximate surface area is 137 Å². The number of aryl methyl sites for hydroxylation is 1. The molecule has 1 aliphatic carbocycles. The highest BCUT2D eigenvalue weighted by atomic mass is 16.5. The highest BCUT2D eigenvalue weighted by molar-refractivity contribution is 5.54. The molecule has 1 aromatic rings. The number of allylic oxidation sites excluding steroid dienone is 3. The molecule has 118 valence electrons. The van der Waals surface area contributed by atoms with Gasteiger partial charge < -0.3 is 9.84 Å². The second kappa shape index (κ2) is 6.20. The van der Waals surface area contributed by atoms with Crippen LogP contribution in [0.1, 0.15) is 67.0 Å². The van der Waals surface area contributed by atoms with Crippen LogP contribution in [0.25, 0.3) is 0 Å². The molecule has 0 fully saturated rings. The molecule has 1 aliphatic heterocycles. The first-order valence-corrected chi connectivity index (χ1v) is 8.25. The molecule has 0 radical (unpaired) electrons. The number of aromatic hydroxyl groups is 1. The molecule has 2 atom stereocenters. The van der Waals surface area contributed by atoms with Crippen LogP contribution in [0, 0.1) is 5.92 Å². The Morgan fingerprint density at radius 2 is 2.27 bits per heavy atom. The van der Waals surface area contributed by atoms with Crippen LogP contribution >= 0.6 is 0 Å². The van der Waals surface area contributed by atoms with E-state index in [4.69, 9.17) is 8.85 Å². The number of phenols is 1. The molecule has 2 nitrogen and oxygen atoms in total. The first-order chi connectivity index (χ1) is 11.8. The monoisotopic (exact) mass is 301 g/mol. The molecule has 1 heterocycles. The van der Waals surface area contributed by atoms with E-state index in [1.807, 2.05) is 12.1 Å². The van der Waals surface area contributed by atoms with Crippen LogP contribution in [0.15, 0.2) is 36.1 Å². The molecule has 0 bridgehead atoms. The second-order valence-corrected chi connectivity index (χ2v) is 6.42. The fourth-order valence-electron chi connectivity index (χ4n) is 3.58. The smallest absolute Gasteiger partial charge is 0.134 e. The maximum Gasteiger partial charge on any atom is 0.134 e. The van der Waals surface area contributed by atoms with E-state index in [9.17, 15) is 5.11 Å². The van der Waals surface area contributed by atoms with Gasteiger partial charge in [0.05, 0.1) is 0 Å². The van der Waals surface area contributed by atoms with E-state index >= 15 is 0 Å². The lowest BCUT2D eigenvalue weighted by molar-refractivity contribution is 0.275. The predicted molar refractivity (Wildman–Crippen MR) is 90.3 cm³/mol. The van der Waals surface area contributed by atoms with Gasteiger partial charge in [-0.15, -0.1) is 0 Å². The number of ether oxygens (including phenoxy) is 1. The van der Waals surface area contributed by atoms with Crippen molar-refractivity contribution in [3.05, 3.63) is 47.2 Å². The summed E-state index contributed by atoms with van der Waals surface area (Å²) in [7, 11) is 0. The third kappa shape index (κ3) is 2.79. The van der Waals surface area contributed by atoms with Gasteiger partial charge in [-0.3, -0.25) is 0 Å². The number of hydrogen-bond acceptors (Lipinski definition) is 2. The van der Waals surface area contributed by atoms with Crippen LogP contribution in [0.3, 0.4) is 0 Å². The molecule has 0 unspecified atom stereocenters. The van der Waals surface area contributed by atoms with Gasteiger partial charge in [0, 0.05) is 21.5 Å². The van der Waals surface area contributed by atoms with Crippen molar-refractivity contribution in [2.75, 3.05) is 0 Å². The lowest BCUT2D eigenvalue weighted by atomic mass is 9.74. The zero-order valence-electron chi connectivity index (χ0n) is 16.2. The van der Waals surface area contributed by atoms with Crippen LogP contribution in [0.4, 0.5) is 0 Å². The number of unbranched alkanes of at least 4 members (excludes halogenated alkanes) is 2. The second-order valence-electron chi connectivity index (χ2n) is 6.42. The fraction of sp³-hybridized carbons (Fsp3) is 0.500. The van der Waals surface area contributed by atoms with Crippen LogP contribution in [-0.4, -0.2) is 5.11 Å². The highest BCUT2D eigenvalue weighted by Gasteiger charge is 2.36. The third-order valence-corrected chi connectivity index (χ3v) is 4.78. The zero-order chi connectivity index (χ0) is 18.2. The average Bonchev–Trinajstić information content (AvgIpc) is 2.53. The predicted octanol–water partition coefficient (Wildman–Crippen LogP) is 5.47. The molecule has 0 spiro atoms. The molecule has 0 saturated heterocycles. The lowest BCUT2D eigenvalue weighted by Gasteiger charge is -2.37. The Morgan fingerprint density at radius 3 is 3.05 bits per heavy atom. The first kappa shape index (κ1) is 11.8. The van der Waals surface area contributed by atoms with E-state index in [1.54, 1.807) is 6.07 Å². The number of rotatable bonds is 4. The molecule has 0 saturated carbocycles. The van der Waals surface area contributed by atoms with E-state index < -0.39 is 6.85 Å². The average molecular weight is 301 g/mol. The topological polar surface area (TPSA) is 29.5 Å². The van der Waals surface area contributed by atoms with Crippen molar-refractivity contribution in [3.63, 3.8) is 0 Å². The normalized spacial score (nSPS) is 26.0. The molecular formula is C20H26O2. The fourth-order valence-corrected chi connectivity index (χ4v) is 3.58. The van der Waals surface area contributed by atoms with Gasteiger partial charge in [0.2, 0.25) is 0 Å². The Bertz CT molecular complexity index is 704. The maximum absolute atomic E-state index is 10.6. The standard InChI is InChI=1S/C20H26O2/c1-4-5-6-7-15-11-18(21)20-17-10-13(2)8-9-16(17)14(3)22-19(20)12-15/h10-12,16-17,21H,3-9H2,1-2H3/t16-,17+/m1/s1/i2D3. The summed E-state index contributed by atoms with van der Waals surface area (Å²) >= 11 is 0. The summed E-state index contributed by atoms with van der Waals surface area (Å²) in [6, 6.07) is 3.78. The number of phenolic OH excluding ortho intramolecular Hbond substituents is 1. The van der Waals surface area contributed by atoms with E-state index in [-0.39, 0.29) is 17.6 Å². The molecule has 3 rings (SSSR count). The van der Waals surface area contributed by atoms with Crippen molar-refractivity contribution in [2.24, 2.45) is 5.92 Å². The van der Waals surface area contributed by atoms with Gasteiger partial charge in [-0.25, -0.2) is 0 Å². The highest BCUT2D eigenvalue weighted by Crippen LogP contribution is 2.51. The third-order valence-electron chi connectivity index (χ3n) is 4.78.